The molecule has 0 aliphatic heterocycles. The van der Waals surface area contributed by atoms with Crippen molar-refractivity contribution >= 4 is 41.3 Å². The number of hydrogen-bond acceptors (Lipinski definition) is 2. The Labute approximate surface area is 112 Å². The van der Waals surface area contributed by atoms with Gasteiger partial charge in [0.15, 0.2) is 5.96 Å². The lowest BCUT2D eigenvalue weighted by Crippen LogP contribution is -2.36. The zero-order chi connectivity index (χ0) is 10.4. The molecule has 1 heterocycles. The summed E-state index contributed by atoms with van der Waals surface area (Å²) in [6.07, 6.45) is 0. The quantitative estimate of drug-likeness (QED) is 0.520. The van der Waals surface area contributed by atoms with Gasteiger partial charge in [0.1, 0.15) is 0 Å². The van der Waals surface area contributed by atoms with E-state index in [1.54, 1.807) is 11.3 Å². The van der Waals surface area contributed by atoms with Gasteiger partial charge in [0.25, 0.3) is 0 Å². The Morgan fingerprint density at radius 1 is 1.47 bits per heavy atom. The molecule has 0 unspecified atom stereocenters. The Morgan fingerprint density at radius 2 is 2.13 bits per heavy atom. The molecule has 0 spiro atoms. The van der Waals surface area contributed by atoms with Gasteiger partial charge in [-0.2, -0.15) is 11.3 Å². The van der Waals surface area contributed by atoms with Gasteiger partial charge in [0.05, 0.1) is 6.54 Å². The van der Waals surface area contributed by atoms with Crippen molar-refractivity contribution in [2.24, 2.45) is 10.7 Å². The minimum absolute atomic E-state index is 0. The first-order valence-electron chi connectivity index (χ1n) is 4.83. The van der Waals surface area contributed by atoms with Crippen LogP contribution >= 0.6 is 35.3 Å². The van der Waals surface area contributed by atoms with Crippen molar-refractivity contribution in [1.29, 1.82) is 0 Å². The molecule has 0 aliphatic rings. The molecule has 1 rings (SSSR count). The number of rotatable bonds is 4. The monoisotopic (exact) mass is 339 g/mol. The van der Waals surface area contributed by atoms with Crippen LogP contribution in [0.2, 0.25) is 0 Å². The third kappa shape index (κ3) is 4.83. The Morgan fingerprint density at radius 3 is 2.60 bits per heavy atom. The van der Waals surface area contributed by atoms with Gasteiger partial charge in [-0.25, -0.2) is 4.99 Å². The van der Waals surface area contributed by atoms with E-state index >= 15 is 0 Å². The number of hydrogen-bond donors (Lipinski definition) is 1. The second-order valence-electron chi connectivity index (χ2n) is 2.98. The Hall–Kier alpha value is -0.300. The Kier molecular flexibility index (Phi) is 7.76. The second-order valence-corrected chi connectivity index (χ2v) is 3.76. The lowest BCUT2D eigenvalue weighted by molar-refractivity contribution is 0.458. The largest absolute Gasteiger partial charge is 0.370 e. The van der Waals surface area contributed by atoms with E-state index in [1.165, 1.54) is 5.56 Å². The van der Waals surface area contributed by atoms with Gasteiger partial charge in [-0.05, 0) is 36.2 Å². The Bertz CT molecular complexity index is 281. The fourth-order valence-electron chi connectivity index (χ4n) is 1.20. The molecule has 2 N–H and O–H groups in total. The summed E-state index contributed by atoms with van der Waals surface area (Å²) in [7, 11) is 0. The molecule has 0 fully saturated rings. The maximum atomic E-state index is 5.83. The van der Waals surface area contributed by atoms with Crippen LogP contribution in [0.25, 0.3) is 0 Å². The lowest BCUT2D eigenvalue weighted by Gasteiger charge is -2.19. The molecule has 0 atom stereocenters. The zero-order valence-electron chi connectivity index (χ0n) is 9.14. The molecular formula is C10H18IN3S. The van der Waals surface area contributed by atoms with E-state index in [9.17, 15) is 0 Å². The summed E-state index contributed by atoms with van der Waals surface area (Å²) in [4.78, 5) is 6.38. The van der Waals surface area contributed by atoms with E-state index in [4.69, 9.17) is 5.73 Å². The molecule has 15 heavy (non-hydrogen) atoms. The van der Waals surface area contributed by atoms with Crippen LogP contribution < -0.4 is 5.73 Å². The number of aliphatic imine (C=N–C) groups is 1. The summed E-state index contributed by atoms with van der Waals surface area (Å²) in [6, 6.07) is 2.07. The average molecular weight is 339 g/mol. The van der Waals surface area contributed by atoms with E-state index < -0.39 is 0 Å². The van der Waals surface area contributed by atoms with Gasteiger partial charge >= 0.3 is 0 Å². The zero-order valence-corrected chi connectivity index (χ0v) is 12.3. The normalized spacial score (nSPS) is 10.9. The van der Waals surface area contributed by atoms with Crippen LogP contribution in [0.5, 0.6) is 0 Å². The van der Waals surface area contributed by atoms with E-state index in [0.717, 1.165) is 13.1 Å². The fourth-order valence-corrected chi connectivity index (χ4v) is 1.86. The van der Waals surface area contributed by atoms with Crippen molar-refractivity contribution in [3.63, 3.8) is 0 Å². The first kappa shape index (κ1) is 14.7. The maximum absolute atomic E-state index is 5.83. The van der Waals surface area contributed by atoms with Crippen molar-refractivity contribution in [2.45, 2.75) is 20.4 Å². The van der Waals surface area contributed by atoms with E-state index in [-0.39, 0.29) is 24.0 Å². The molecule has 86 valence electrons. The average Bonchev–Trinajstić information content (AvgIpc) is 2.69. The highest BCUT2D eigenvalue weighted by molar-refractivity contribution is 14.0. The summed E-state index contributed by atoms with van der Waals surface area (Å²) in [5.41, 5.74) is 7.06. The van der Waals surface area contributed by atoms with Gasteiger partial charge in [0.2, 0.25) is 0 Å². The smallest absolute Gasteiger partial charge is 0.191 e. The standard InChI is InChI=1S/C10H17N3S.HI/c1-3-13(4-2)10(11)12-7-9-5-6-14-8-9;/h5-6,8H,3-4,7H2,1-2H3,(H2,11,12);1H. The lowest BCUT2D eigenvalue weighted by atomic mass is 10.3. The highest BCUT2D eigenvalue weighted by Gasteiger charge is 2.01. The van der Waals surface area contributed by atoms with Crippen LogP contribution in [-0.4, -0.2) is 23.9 Å². The number of halogens is 1. The van der Waals surface area contributed by atoms with Crippen molar-refractivity contribution in [2.75, 3.05) is 13.1 Å². The van der Waals surface area contributed by atoms with Crippen molar-refractivity contribution < 1.29 is 0 Å². The Balaban J connectivity index is 0.00000196. The van der Waals surface area contributed by atoms with E-state index in [2.05, 4.69) is 35.7 Å². The van der Waals surface area contributed by atoms with Crippen molar-refractivity contribution in [1.82, 2.24) is 4.90 Å². The topological polar surface area (TPSA) is 41.6 Å². The SMILES string of the molecule is CCN(CC)C(N)=NCc1ccsc1.I. The van der Waals surface area contributed by atoms with Gasteiger partial charge in [-0.3, -0.25) is 0 Å². The third-order valence-corrected chi connectivity index (χ3v) is 2.82. The summed E-state index contributed by atoms with van der Waals surface area (Å²) in [6.45, 7) is 6.67. The highest BCUT2D eigenvalue weighted by Crippen LogP contribution is 2.06. The molecule has 0 bridgehead atoms. The summed E-state index contributed by atoms with van der Waals surface area (Å²) in [5, 5.41) is 4.15. The van der Waals surface area contributed by atoms with E-state index in [0.29, 0.717) is 12.5 Å². The van der Waals surface area contributed by atoms with Crippen molar-refractivity contribution in [3.05, 3.63) is 22.4 Å². The van der Waals surface area contributed by atoms with Gasteiger partial charge in [-0.15, -0.1) is 24.0 Å². The molecule has 1 aromatic heterocycles. The number of nitrogens with zero attached hydrogens (tertiary/aromatic N) is 2. The fraction of sp³-hybridized carbons (Fsp3) is 0.500. The molecule has 1 aromatic rings. The third-order valence-electron chi connectivity index (χ3n) is 2.09. The predicted octanol–water partition coefficient (Wildman–Crippen LogP) is 2.52. The minimum Gasteiger partial charge on any atom is -0.370 e. The van der Waals surface area contributed by atoms with Crippen LogP contribution in [-0.2, 0) is 6.54 Å². The number of guanidine groups is 1. The van der Waals surface area contributed by atoms with Crippen LogP contribution in [0.4, 0.5) is 0 Å². The predicted molar refractivity (Wildman–Crippen MR) is 78.0 cm³/mol. The van der Waals surface area contributed by atoms with Gasteiger partial charge < -0.3 is 10.6 Å². The van der Waals surface area contributed by atoms with Crippen LogP contribution in [0.1, 0.15) is 19.4 Å². The molecule has 0 aliphatic carbocycles. The summed E-state index contributed by atoms with van der Waals surface area (Å²) >= 11 is 1.69. The molecule has 3 nitrogen and oxygen atoms in total. The minimum atomic E-state index is 0. The molecule has 0 saturated carbocycles. The second kappa shape index (κ2) is 7.92. The van der Waals surface area contributed by atoms with Crippen LogP contribution in [0.3, 0.4) is 0 Å². The molecule has 0 saturated heterocycles. The molecule has 0 radical (unpaired) electrons. The molecule has 0 aromatic carbocycles. The molecule has 5 heteroatoms. The molecular weight excluding hydrogens is 321 g/mol. The van der Waals surface area contributed by atoms with Crippen molar-refractivity contribution in [3.8, 4) is 0 Å². The number of nitrogens with two attached hydrogens (primary N) is 1. The summed E-state index contributed by atoms with van der Waals surface area (Å²) in [5.74, 6) is 0.640. The van der Waals surface area contributed by atoms with Gasteiger partial charge in [0, 0.05) is 13.1 Å². The van der Waals surface area contributed by atoms with Crippen LogP contribution in [0.15, 0.2) is 21.8 Å². The summed E-state index contributed by atoms with van der Waals surface area (Å²) < 4.78 is 0. The number of thiophene rings is 1. The molecule has 0 amide bonds. The first-order chi connectivity index (χ1) is 6.77. The maximum Gasteiger partial charge on any atom is 0.191 e. The highest BCUT2D eigenvalue weighted by atomic mass is 127. The first-order valence-corrected chi connectivity index (χ1v) is 5.78. The van der Waals surface area contributed by atoms with Gasteiger partial charge in [-0.1, -0.05) is 0 Å². The van der Waals surface area contributed by atoms with E-state index in [1.807, 2.05) is 4.90 Å². The van der Waals surface area contributed by atoms with Crippen LogP contribution in [0, 0.1) is 0 Å².